The van der Waals surface area contributed by atoms with Crippen LogP contribution in [0.5, 0.6) is 0 Å². The summed E-state index contributed by atoms with van der Waals surface area (Å²) < 4.78 is 36.8. The maximum Gasteiger partial charge on any atom is 0.408 e. The molecule has 2 N–H and O–H groups in total. The minimum atomic E-state index is -4.23. The molecule has 1 atom stereocenters. The van der Waals surface area contributed by atoms with Gasteiger partial charge in [0.15, 0.2) is 0 Å². The predicted octanol–water partition coefficient (Wildman–Crippen LogP) is 2.73. The van der Waals surface area contributed by atoms with Crippen LogP contribution in [0.1, 0.15) is 32.8 Å². The van der Waals surface area contributed by atoms with Gasteiger partial charge in [0, 0.05) is 0 Å². The number of carboxylic acid groups (broad SMARTS) is 1. The Labute approximate surface area is 149 Å². The minimum absolute atomic E-state index is 0.150. The number of hydrogen-bond donors (Lipinski definition) is 2. The predicted molar refractivity (Wildman–Crippen MR) is 86.6 cm³/mol. The first-order valence-electron chi connectivity index (χ1n) is 7.72. The summed E-state index contributed by atoms with van der Waals surface area (Å²) in [6, 6.07) is 6.66. The maximum atomic E-state index is 13.5. The molecular weight excluding hydrogens is 352 g/mol. The minimum Gasteiger partial charge on any atom is -0.477 e. The van der Waals surface area contributed by atoms with Crippen LogP contribution in [-0.4, -0.2) is 40.7 Å². The third-order valence-corrected chi connectivity index (χ3v) is 2.97. The highest BCUT2D eigenvalue weighted by Crippen LogP contribution is 2.22. The van der Waals surface area contributed by atoms with Gasteiger partial charge in [-0.15, -0.1) is 0 Å². The smallest absolute Gasteiger partial charge is 0.408 e. The van der Waals surface area contributed by atoms with Gasteiger partial charge in [0.1, 0.15) is 18.2 Å². The van der Waals surface area contributed by atoms with Crippen LogP contribution in [0.25, 0.3) is 0 Å². The van der Waals surface area contributed by atoms with Gasteiger partial charge in [0.2, 0.25) is 0 Å². The Bertz CT molecular complexity index is 642. The van der Waals surface area contributed by atoms with E-state index in [2.05, 4.69) is 0 Å². The zero-order valence-electron chi connectivity index (χ0n) is 14.6. The molecule has 0 bridgehead atoms. The Kier molecular flexibility index (Phi) is 7.05. The first-order valence-corrected chi connectivity index (χ1v) is 7.72. The average molecular weight is 373 g/mol. The van der Waals surface area contributed by atoms with E-state index in [1.165, 1.54) is 20.8 Å². The molecular formula is C17H21F2NO6. The van der Waals surface area contributed by atoms with E-state index in [-0.39, 0.29) is 6.61 Å². The third kappa shape index (κ3) is 7.45. The van der Waals surface area contributed by atoms with Crippen LogP contribution in [0, 0.1) is 0 Å². The monoisotopic (exact) mass is 373 g/mol. The molecule has 0 saturated heterocycles. The first kappa shape index (κ1) is 21.3. The standard InChI is InChI=1S/C17H21F2NO6/c1-16(2,3)26-13(21)12(9-17(18,19)14(22)23)20-15(24)25-10-11-7-5-4-6-8-11/h4-8,12H,9-10H2,1-3H3,(H,20,24)(H,22,23). The van der Waals surface area contributed by atoms with Gasteiger partial charge in [-0.1, -0.05) is 30.3 Å². The van der Waals surface area contributed by atoms with Crippen molar-refractivity contribution in [2.24, 2.45) is 0 Å². The van der Waals surface area contributed by atoms with Crippen LogP contribution in [0.3, 0.4) is 0 Å². The van der Waals surface area contributed by atoms with Crippen molar-refractivity contribution in [2.45, 2.75) is 51.4 Å². The van der Waals surface area contributed by atoms with Crippen molar-refractivity contribution in [1.29, 1.82) is 0 Å². The molecule has 144 valence electrons. The van der Waals surface area contributed by atoms with E-state index in [4.69, 9.17) is 14.6 Å². The zero-order valence-corrected chi connectivity index (χ0v) is 14.6. The van der Waals surface area contributed by atoms with E-state index in [0.717, 1.165) is 0 Å². The van der Waals surface area contributed by atoms with Crippen molar-refractivity contribution in [2.75, 3.05) is 0 Å². The second kappa shape index (κ2) is 8.59. The molecule has 0 radical (unpaired) electrons. The van der Waals surface area contributed by atoms with Crippen LogP contribution in [-0.2, 0) is 25.7 Å². The fourth-order valence-corrected chi connectivity index (χ4v) is 1.82. The number of carbonyl (C=O) groups is 3. The van der Waals surface area contributed by atoms with Gasteiger partial charge in [-0.05, 0) is 26.3 Å². The summed E-state index contributed by atoms with van der Waals surface area (Å²) in [4.78, 5) is 34.5. The van der Waals surface area contributed by atoms with Gasteiger partial charge in [-0.3, -0.25) is 0 Å². The molecule has 0 fully saturated rings. The number of hydrogen-bond acceptors (Lipinski definition) is 5. The molecule has 7 nitrogen and oxygen atoms in total. The van der Waals surface area contributed by atoms with Crippen LogP contribution in [0.2, 0.25) is 0 Å². The zero-order chi connectivity index (χ0) is 20.0. The number of amides is 1. The van der Waals surface area contributed by atoms with Crippen LogP contribution >= 0.6 is 0 Å². The molecule has 1 aromatic rings. The number of alkyl carbamates (subject to hydrolysis) is 1. The van der Waals surface area contributed by atoms with Crippen molar-refractivity contribution in [3.63, 3.8) is 0 Å². The molecule has 26 heavy (non-hydrogen) atoms. The summed E-state index contributed by atoms with van der Waals surface area (Å²) >= 11 is 0. The highest BCUT2D eigenvalue weighted by atomic mass is 19.3. The number of alkyl halides is 2. The second-order valence-electron chi connectivity index (χ2n) is 6.51. The number of carboxylic acids is 1. The molecule has 0 spiro atoms. The van der Waals surface area contributed by atoms with E-state index >= 15 is 0 Å². The van der Waals surface area contributed by atoms with Crippen LogP contribution < -0.4 is 5.32 Å². The van der Waals surface area contributed by atoms with Crippen molar-refractivity contribution in [3.05, 3.63) is 35.9 Å². The number of nitrogens with one attached hydrogen (secondary N) is 1. The third-order valence-electron chi connectivity index (χ3n) is 2.97. The van der Waals surface area contributed by atoms with Gasteiger partial charge < -0.3 is 19.9 Å². The Balaban J connectivity index is 2.78. The quantitative estimate of drug-likeness (QED) is 0.713. The molecule has 0 aliphatic rings. The fraction of sp³-hybridized carbons (Fsp3) is 0.471. The number of rotatable bonds is 7. The lowest BCUT2D eigenvalue weighted by atomic mass is 10.1. The maximum absolute atomic E-state index is 13.5. The van der Waals surface area contributed by atoms with Gasteiger partial charge >= 0.3 is 24.0 Å². The summed E-state index contributed by atoms with van der Waals surface area (Å²) in [6.07, 6.45) is -2.61. The van der Waals surface area contributed by atoms with Crippen molar-refractivity contribution >= 4 is 18.0 Å². The number of ether oxygens (including phenoxy) is 2. The largest absolute Gasteiger partial charge is 0.477 e. The van der Waals surface area contributed by atoms with Gasteiger partial charge in [0.05, 0.1) is 6.42 Å². The van der Waals surface area contributed by atoms with Gasteiger partial charge in [-0.25, -0.2) is 14.4 Å². The summed E-state index contributed by atoms with van der Waals surface area (Å²) in [5, 5.41) is 10.5. The van der Waals surface area contributed by atoms with E-state index in [9.17, 15) is 23.2 Å². The molecule has 1 amide bonds. The van der Waals surface area contributed by atoms with E-state index in [1.807, 2.05) is 5.32 Å². The van der Waals surface area contributed by atoms with Crippen molar-refractivity contribution < 1.29 is 37.7 Å². The SMILES string of the molecule is CC(C)(C)OC(=O)C(CC(F)(F)C(=O)O)NC(=O)OCc1ccccc1. The van der Waals surface area contributed by atoms with E-state index < -0.39 is 42.0 Å². The Hall–Kier alpha value is -2.71. The lowest BCUT2D eigenvalue weighted by Gasteiger charge is -2.25. The molecule has 0 heterocycles. The molecule has 1 unspecified atom stereocenters. The van der Waals surface area contributed by atoms with E-state index in [0.29, 0.717) is 5.56 Å². The number of aliphatic carboxylic acids is 1. The molecule has 0 saturated carbocycles. The summed E-state index contributed by atoms with van der Waals surface area (Å²) in [5.74, 6) is -7.82. The normalized spacial score (nSPS) is 12.8. The number of carbonyl (C=O) groups excluding carboxylic acids is 2. The molecule has 1 aromatic carbocycles. The number of esters is 1. The average Bonchev–Trinajstić information content (AvgIpc) is 2.51. The van der Waals surface area contributed by atoms with Gasteiger partial charge in [-0.2, -0.15) is 8.78 Å². The molecule has 0 aromatic heterocycles. The Morgan fingerprint density at radius 3 is 2.23 bits per heavy atom. The summed E-state index contributed by atoms with van der Waals surface area (Å²) in [6.45, 7) is 4.37. The lowest BCUT2D eigenvalue weighted by Crippen LogP contribution is -2.48. The second-order valence-corrected chi connectivity index (χ2v) is 6.51. The number of halogens is 2. The molecule has 0 aliphatic carbocycles. The lowest BCUT2D eigenvalue weighted by molar-refractivity contribution is -0.171. The Morgan fingerprint density at radius 1 is 1.15 bits per heavy atom. The fourth-order valence-electron chi connectivity index (χ4n) is 1.82. The molecule has 0 aliphatic heterocycles. The van der Waals surface area contributed by atoms with Crippen LogP contribution in [0.15, 0.2) is 30.3 Å². The van der Waals surface area contributed by atoms with Crippen molar-refractivity contribution in [1.82, 2.24) is 5.32 Å². The van der Waals surface area contributed by atoms with Crippen LogP contribution in [0.4, 0.5) is 13.6 Å². The number of benzene rings is 1. The first-order chi connectivity index (χ1) is 11.9. The highest BCUT2D eigenvalue weighted by molar-refractivity contribution is 5.83. The van der Waals surface area contributed by atoms with E-state index in [1.54, 1.807) is 30.3 Å². The molecule has 9 heteroatoms. The summed E-state index contributed by atoms with van der Waals surface area (Å²) in [7, 11) is 0. The van der Waals surface area contributed by atoms with Crippen molar-refractivity contribution in [3.8, 4) is 0 Å². The highest BCUT2D eigenvalue weighted by Gasteiger charge is 2.44. The Morgan fingerprint density at radius 2 is 1.73 bits per heavy atom. The summed E-state index contributed by atoms with van der Waals surface area (Å²) in [5.41, 5.74) is -0.365. The molecule has 1 rings (SSSR count). The van der Waals surface area contributed by atoms with Gasteiger partial charge in [0.25, 0.3) is 0 Å². The topological polar surface area (TPSA) is 102 Å².